The highest BCUT2D eigenvalue weighted by molar-refractivity contribution is 5.85. The number of rotatable bonds is 4. The zero-order valence-electron chi connectivity index (χ0n) is 12.1. The van der Waals surface area contributed by atoms with Gasteiger partial charge in [-0.15, -0.1) is 12.4 Å². The first kappa shape index (κ1) is 17.7. The van der Waals surface area contributed by atoms with Gasteiger partial charge in [0, 0.05) is 24.6 Å². The average molecular weight is 307 g/mol. The number of halogens is 1. The summed E-state index contributed by atoms with van der Waals surface area (Å²) < 4.78 is 5.24. The number of carbonyl (C=O) groups excluding carboxylic acids is 1. The molecule has 2 fully saturated rings. The fourth-order valence-corrected chi connectivity index (χ4v) is 3.14. The first-order chi connectivity index (χ1) is 9.00. The van der Waals surface area contributed by atoms with Crippen LogP contribution in [0.2, 0.25) is 0 Å². The maximum Gasteiger partial charge on any atom is 0.225 e. The van der Waals surface area contributed by atoms with Crippen molar-refractivity contribution in [3.8, 4) is 0 Å². The van der Waals surface area contributed by atoms with E-state index in [1.54, 1.807) is 0 Å². The van der Waals surface area contributed by atoms with Gasteiger partial charge < -0.3 is 20.9 Å². The summed E-state index contributed by atoms with van der Waals surface area (Å²) in [5.74, 6) is 0.00635. The standard InChI is InChI=1S/C14H26N2O3.ClH/c1-14(15)6-3-2-4-11(14)13(18)16-8-12(17)10-5-7-19-9-10;/h10-12,17H,2-9,15H2,1H3,(H,16,18);1H. The van der Waals surface area contributed by atoms with Gasteiger partial charge in [-0.25, -0.2) is 0 Å². The highest BCUT2D eigenvalue weighted by Gasteiger charge is 2.38. The molecule has 5 nitrogen and oxygen atoms in total. The molecule has 0 bridgehead atoms. The lowest BCUT2D eigenvalue weighted by Gasteiger charge is -2.37. The first-order valence-electron chi connectivity index (χ1n) is 7.33. The smallest absolute Gasteiger partial charge is 0.225 e. The van der Waals surface area contributed by atoms with Crippen molar-refractivity contribution in [2.45, 2.75) is 50.7 Å². The molecule has 1 heterocycles. The van der Waals surface area contributed by atoms with E-state index in [9.17, 15) is 9.90 Å². The zero-order valence-corrected chi connectivity index (χ0v) is 13.0. The third-order valence-electron chi connectivity index (χ3n) is 4.57. The van der Waals surface area contributed by atoms with Gasteiger partial charge in [0.2, 0.25) is 5.91 Å². The Morgan fingerprint density at radius 1 is 1.50 bits per heavy atom. The van der Waals surface area contributed by atoms with E-state index in [4.69, 9.17) is 10.5 Å². The Labute approximate surface area is 127 Å². The molecule has 0 aromatic rings. The number of aliphatic hydroxyl groups excluding tert-OH is 1. The zero-order chi connectivity index (χ0) is 13.9. The van der Waals surface area contributed by atoms with Crippen LogP contribution in [0.25, 0.3) is 0 Å². The maximum absolute atomic E-state index is 12.2. The number of hydrogen-bond donors (Lipinski definition) is 3. The Morgan fingerprint density at radius 2 is 2.25 bits per heavy atom. The number of nitrogens with two attached hydrogens (primary N) is 1. The van der Waals surface area contributed by atoms with E-state index in [2.05, 4.69) is 5.32 Å². The summed E-state index contributed by atoms with van der Waals surface area (Å²) in [6, 6.07) is 0. The monoisotopic (exact) mass is 306 g/mol. The van der Waals surface area contributed by atoms with Crippen molar-refractivity contribution in [2.75, 3.05) is 19.8 Å². The van der Waals surface area contributed by atoms with E-state index in [1.165, 1.54) is 0 Å². The summed E-state index contributed by atoms with van der Waals surface area (Å²) in [7, 11) is 0. The molecule has 2 aliphatic rings. The van der Waals surface area contributed by atoms with Gasteiger partial charge in [-0.2, -0.15) is 0 Å². The number of ether oxygens (including phenoxy) is 1. The van der Waals surface area contributed by atoms with Crippen molar-refractivity contribution in [1.82, 2.24) is 5.32 Å². The van der Waals surface area contributed by atoms with Crippen LogP contribution in [0.3, 0.4) is 0 Å². The third kappa shape index (κ3) is 4.32. The van der Waals surface area contributed by atoms with Crippen molar-refractivity contribution >= 4 is 18.3 Å². The van der Waals surface area contributed by atoms with Crippen molar-refractivity contribution in [1.29, 1.82) is 0 Å². The van der Waals surface area contributed by atoms with Crippen molar-refractivity contribution < 1.29 is 14.6 Å². The molecule has 4 N–H and O–H groups in total. The number of hydrogen-bond acceptors (Lipinski definition) is 4. The van der Waals surface area contributed by atoms with E-state index in [-0.39, 0.29) is 30.2 Å². The van der Waals surface area contributed by atoms with Gasteiger partial charge in [-0.3, -0.25) is 4.79 Å². The predicted molar refractivity (Wildman–Crippen MR) is 79.7 cm³/mol. The topological polar surface area (TPSA) is 84.6 Å². The lowest BCUT2D eigenvalue weighted by Crippen LogP contribution is -2.53. The quantitative estimate of drug-likeness (QED) is 0.718. The van der Waals surface area contributed by atoms with Crippen LogP contribution in [-0.4, -0.2) is 42.4 Å². The van der Waals surface area contributed by atoms with Crippen LogP contribution in [-0.2, 0) is 9.53 Å². The molecule has 0 spiro atoms. The Bertz CT molecular complexity index is 320. The highest BCUT2D eigenvalue weighted by Crippen LogP contribution is 2.31. The van der Waals surface area contributed by atoms with Gasteiger partial charge in [0.05, 0.1) is 18.6 Å². The van der Waals surface area contributed by atoms with Gasteiger partial charge in [0.25, 0.3) is 0 Å². The summed E-state index contributed by atoms with van der Waals surface area (Å²) in [6.07, 6.45) is 4.25. The molecule has 1 aliphatic heterocycles. The van der Waals surface area contributed by atoms with E-state index in [1.807, 2.05) is 6.92 Å². The van der Waals surface area contributed by atoms with Crippen molar-refractivity contribution in [2.24, 2.45) is 17.6 Å². The molecular formula is C14H27ClN2O3. The van der Waals surface area contributed by atoms with Gasteiger partial charge in [0.15, 0.2) is 0 Å². The molecule has 0 aromatic carbocycles. The molecule has 1 amide bonds. The molecule has 2 rings (SSSR count). The van der Waals surface area contributed by atoms with Crippen LogP contribution < -0.4 is 11.1 Å². The fraction of sp³-hybridized carbons (Fsp3) is 0.929. The molecule has 4 atom stereocenters. The largest absolute Gasteiger partial charge is 0.391 e. The van der Waals surface area contributed by atoms with Crippen LogP contribution in [0.4, 0.5) is 0 Å². The lowest BCUT2D eigenvalue weighted by molar-refractivity contribution is -0.128. The van der Waals surface area contributed by atoms with Gasteiger partial charge in [-0.1, -0.05) is 12.8 Å². The molecule has 1 saturated heterocycles. The minimum absolute atomic E-state index is 0. The summed E-state index contributed by atoms with van der Waals surface area (Å²) in [4.78, 5) is 12.2. The number of amides is 1. The average Bonchev–Trinajstić information content (AvgIpc) is 2.89. The third-order valence-corrected chi connectivity index (χ3v) is 4.57. The molecule has 20 heavy (non-hydrogen) atoms. The second-order valence-electron chi connectivity index (χ2n) is 6.24. The summed E-state index contributed by atoms with van der Waals surface area (Å²) in [5, 5.41) is 12.9. The fourth-order valence-electron chi connectivity index (χ4n) is 3.14. The van der Waals surface area contributed by atoms with E-state index < -0.39 is 11.6 Å². The van der Waals surface area contributed by atoms with Gasteiger partial charge in [-0.05, 0) is 26.2 Å². The van der Waals surface area contributed by atoms with E-state index >= 15 is 0 Å². The second-order valence-corrected chi connectivity index (χ2v) is 6.24. The molecular weight excluding hydrogens is 280 g/mol. The highest BCUT2D eigenvalue weighted by atomic mass is 35.5. The van der Waals surface area contributed by atoms with Gasteiger partial charge >= 0.3 is 0 Å². The Kier molecular flexibility index (Phi) is 6.72. The first-order valence-corrected chi connectivity index (χ1v) is 7.33. The van der Waals surface area contributed by atoms with Crippen molar-refractivity contribution in [3.63, 3.8) is 0 Å². The molecule has 1 aliphatic carbocycles. The summed E-state index contributed by atoms with van der Waals surface area (Å²) in [5.41, 5.74) is 5.80. The minimum atomic E-state index is -0.515. The van der Waals surface area contributed by atoms with Crippen molar-refractivity contribution in [3.05, 3.63) is 0 Å². The van der Waals surface area contributed by atoms with Crippen LogP contribution in [0.5, 0.6) is 0 Å². The van der Waals surface area contributed by atoms with Gasteiger partial charge in [0.1, 0.15) is 0 Å². The van der Waals surface area contributed by atoms with E-state index in [0.29, 0.717) is 19.8 Å². The van der Waals surface area contributed by atoms with E-state index in [0.717, 1.165) is 32.1 Å². The normalized spacial score (nSPS) is 35.1. The predicted octanol–water partition coefficient (Wildman–Crippen LogP) is 0.829. The SMILES string of the molecule is CC1(N)CCCCC1C(=O)NCC(O)C1CCOC1.Cl. The Balaban J connectivity index is 0.00000200. The molecule has 0 radical (unpaired) electrons. The second kappa shape index (κ2) is 7.59. The summed E-state index contributed by atoms with van der Waals surface area (Å²) >= 11 is 0. The minimum Gasteiger partial charge on any atom is -0.391 e. The molecule has 6 heteroatoms. The lowest BCUT2D eigenvalue weighted by atomic mass is 9.74. The summed E-state index contributed by atoms with van der Waals surface area (Å²) in [6.45, 7) is 3.56. The number of carbonyl (C=O) groups is 1. The molecule has 118 valence electrons. The Hall–Kier alpha value is -0.360. The van der Waals surface area contributed by atoms with Crippen LogP contribution >= 0.6 is 12.4 Å². The number of nitrogens with one attached hydrogen (secondary N) is 1. The maximum atomic E-state index is 12.2. The van der Waals surface area contributed by atoms with Crippen LogP contribution in [0, 0.1) is 11.8 Å². The van der Waals surface area contributed by atoms with Crippen LogP contribution in [0.15, 0.2) is 0 Å². The molecule has 0 aromatic heterocycles. The molecule has 4 unspecified atom stereocenters. The molecule has 1 saturated carbocycles. The number of aliphatic hydroxyl groups is 1. The Morgan fingerprint density at radius 3 is 2.85 bits per heavy atom. The van der Waals surface area contributed by atoms with Crippen LogP contribution in [0.1, 0.15) is 39.0 Å².